The zero-order valence-electron chi connectivity index (χ0n) is 12.4. The predicted octanol–water partition coefficient (Wildman–Crippen LogP) is 2.39. The Kier molecular flexibility index (Phi) is 3.90. The predicted molar refractivity (Wildman–Crippen MR) is 86.2 cm³/mol. The molecule has 0 saturated heterocycles. The van der Waals surface area contributed by atoms with Crippen LogP contribution in [-0.4, -0.2) is 40.4 Å². The summed E-state index contributed by atoms with van der Waals surface area (Å²) >= 11 is 3.56. The van der Waals surface area contributed by atoms with Gasteiger partial charge in [-0.05, 0) is 54.0 Å². The maximum absolute atomic E-state index is 11.3. The third kappa shape index (κ3) is 2.54. The van der Waals surface area contributed by atoms with Crippen LogP contribution < -0.4 is 0 Å². The zero-order chi connectivity index (χ0) is 15.0. The number of benzene rings is 1. The summed E-state index contributed by atoms with van der Waals surface area (Å²) in [7, 11) is 4.08. The van der Waals surface area contributed by atoms with Crippen LogP contribution in [0.25, 0.3) is 0 Å². The molecule has 21 heavy (non-hydrogen) atoms. The number of aryl methyl sites for hydroxylation is 1. The molecule has 5 heteroatoms. The SMILES string of the molecule is CN(C)CCn1ncc(Br)c1C1(O)CCc2ccccc21. The van der Waals surface area contributed by atoms with E-state index in [4.69, 9.17) is 0 Å². The van der Waals surface area contributed by atoms with Crippen molar-refractivity contribution in [2.45, 2.75) is 25.0 Å². The molecule has 1 aliphatic carbocycles. The second-order valence-corrected chi connectivity index (χ2v) is 6.74. The molecule has 0 amide bonds. The van der Waals surface area contributed by atoms with Crippen LogP contribution in [0, 0.1) is 0 Å². The summed E-state index contributed by atoms with van der Waals surface area (Å²) in [4.78, 5) is 2.12. The number of aliphatic hydroxyl groups is 1. The number of halogens is 1. The second-order valence-electron chi connectivity index (χ2n) is 5.88. The van der Waals surface area contributed by atoms with Crippen molar-refractivity contribution in [1.29, 1.82) is 0 Å². The van der Waals surface area contributed by atoms with Crippen molar-refractivity contribution >= 4 is 15.9 Å². The normalized spacial score (nSPS) is 21.0. The fourth-order valence-corrected chi connectivity index (χ4v) is 3.70. The number of hydrogen-bond donors (Lipinski definition) is 1. The Morgan fingerprint density at radius 1 is 1.38 bits per heavy atom. The first-order valence-corrected chi connectivity index (χ1v) is 7.99. The monoisotopic (exact) mass is 349 g/mol. The molecule has 0 radical (unpaired) electrons. The topological polar surface area (TPSA) is 41.3 Å². The van der Waals surface area contributed by atoms with Crippen LogP contribution >= 0.6 is 15.9 Å². The van der Waals surface area contributed by atoms with Gasteiger partial charge in [-0.15, -0.1) is 0 Å². The van der Waals surface area contributed by atoms with Crippen LogP contribution in [0.15, 0.2) is 34.9 Å². The molecule has 112 valence electrons. The van der Waals surface area contributed by atoms with Gasteiger partial charge >= 0.3 is 0 Å². The van der Waals surface area contributed by atoms with Gasteiger partial charge in [-0.2, -0.15) is 5.10 Å². The lowest BCUT2D eigenvalue weighted by molar-refractivity contribution is 0.0714. The van der Waals surface area contributed by atoms with Crippen molar-refractivity contribution in [3.05, 3.63) is 51.8 Å². The number of nitrogens with zero attached hydrogens (tertiary/aromatic N) is 3. The highest BCUT2D eigenvalue weighted by Gasteiger charge is 2.42. The molecule has 1 aromatic carbocycles. The van der Waals surface area contributed by atoms with Gasteiger partial charge in [0, 0.05) is 6.54 Å². The lowest BCUT2D eigenvalue weighted by Gasteiger charge is -2.26. The molecule has 1 N–H and O–H groups in total. The molecule has 3 rings (SSSR count). The van der Waals surface area contributed by atoms with Crippen LogP contribution in [0.4, 0.5) is 0 Å². The smallest absolute Gasteiger partial charge is 0.133 e. The minimum Gasteiger partial charge on any atom is -0.379 e. The highest BCUT2D eigenvalue weighted by atomic mass is 79.9. The van der Waals surface area contributed by atoms with Gasteiger partial charge < -0.3 is 10.0 Å². The van der Waals surface area contributed by atoms with Gasteiger partial charge in [-0.1, -0.05) is 24.3 Å². The molecule has 0 aliphatic heterocycles. The quantitative estimate of drug-likeness (QED) is 0.921. The minimum atomic E-state index is -0.946. The first-order chi connectivity index (χ1) is 10.0. The van der Waals surface area contributed by atoms with Crippen molar-refractivity contribution in [2.24, 2.45) is 0 Å². The third-order valence-electron chi connectivity index (χ3n) is 4.16. The fourth-order valence-electron chi connectivity index (χ4n) is 3.08. The Morgan fingerprint density at radius 2 is 2.14 bits per heavy atom. The average molecular weight is 350 g/mol. The van der Waals surface area contributed by atoms with E-state index in [2.05, 4.69) is 32.0 Å². The summed E-state index contributed by atoms with van der Waals surface area (Å²) in [6.07, 6.45) is 3.39. The summed E-state index contributed by atoms with van der Waals surface area (Å²) < 4.78 is 2.80. The summed E-state index contributed by atoms with van der Waals surface area (Å²) in [6.45, 7) is 1.65. The summed E-state index contributed by atoms with van der Waals surface area (Å²) in [5.41, 5.74) is 2.16. The molecule has 1 unspecified atom stereocenters. The summed E-state index contributed by atoms with van der Waals surface area (Å²) in [6, 6.07) is 8.15. The highest BCUT2D eigenvalue weighted by molar-refractivity contribution is 9.10. The lowest BCUT2D eigenvalue weighted by Crippen LogP contribution is -2.30. The third-order valence-corrected chi connectivity index (χ3v) is 4.74. The number of hydrogen-bond acceptors (Lipinski definition) is 3. The van der Waals surface area contributed by atoms with Crippen LogP contribution in [0.3, 0.4) is 0 Å². The highest BCUT2D eigenvalue weighted by Crippen LogP contribution is 2.44. The van der Waals surface area contributed by atoms with Crippen LogP contribution in [0.5, 0.6) is 0 Å². The van der Waals surface area contributed by atoms with Crippen molar-refractivity contribution in [3.63, 3.8) is 0 Å². The molecule has 0 spiro atoms. The lowest BCUT2D eigenvalue weighted by atomic mass is 9.92. The molecular weight excluding hydrogens is 330 g/mol. The number of likely N-dealkylation sites (N-methyl/N-ethyl adjacent to an activating group) is 1. The van der Waals surface area contributed by atoms with Crippen molar-refractivity contribution in [2.75, 3.05) is 20.6 Å². The fraction of sp³-hybridized carbons (Fsp3) is 0.438. The summed E-state index contributed by atoms with van der Waals surface area (Å²) in [5, 5.41) is 15.8. The second kappa shape index (κ2) is 5.55. The maximum Gasteiger partial charge on any atom is 0.133 e. The molecular formula is C16H20BrN3O. The average Bonchev–Trinajstić information content (AvgIpc) is 2.99. The molecule has 1 heterocycles. The maximum atomic E-state index is 11.3. The zero-order valence-corrected chi connectivity index (χ0v) is 14.0. The van der Waals surface area contributed by atoms with E-state index in [1.54, 1.807) is 6.20 Å². The van der Waals surface area contributed by atoms with E-state index in [1.807, 2.05) is 37.0 Å². The van der Waals surface area contributed by atoms with Gasteiger partial charge in [0.05, 0.1) is 22.9 Å². The van der Waals surface area contributed by atoms with Gasteiger partial charge in [0.25, 0.3) is 0 Å². The number of rotatable bonds is 4. The van der Waals surface area contributed by atoms with E-state index in [0.29, 0.717) is 6.42 Å². The van der Waals surface area contributed by atoms with E-state index in [0.717, 1.165) is 35.2 Å². The van der Waals surface area contributed by atoms with Gasteiger partial charge in [-0.25, -0.2) is 0 Å². The van der Waals surface area contributed by atoms with Gasteiger partial charge in [-0.3, -0.25) is 4.68 Å². The Morgan fingerprint density at radius 3 is 2.90 bits per heavy atom. The van der Waals surface area contributed by atoms with Crippen molar-refractivity contribution < 1.29 is 5.11 Å². The van der Waals surface area contributed by atoms with Crippen LogP contribution in [-0.2, 0) is 18.6 Å². The first kappa shape index (κ1) is 14.8. The van der Waals surface area contributed by atoms with E-state index in [-0.39, 0.29) is 0 Å². The van der Waals surface area contributed by atoms with Crippen molar-refractivity contribution in [3.8, 4) is 0 Å². The van der Waals surface area contributed by atoms with Crippen LogP contribution in [0.2, 0.25) is 0 Å². The number of aromatic nitrogens is 2. The molecule has 0 fully saturated rings. The Labute approximate surface area is 133 Å². The Hall–Kier alpha value is -1.17. The standard InChI is InChI=1S/C16H20BrN3O/c1-19(2)9-10-20-15(14(17)11-18-20)16(21)8-7-12-5-3-4-6-13(12)16/h3-6,11,21H,7-10H2,1-2H3. The largest absolute Gasteiger partial charge is 0.379 e. The van der Waals surface area contributed by atoms with Crippen molar-refractivity contribution in [1.82, 2.24) is 14.7 Å². The Bertz CT molecular complexity index is 653. The first-order valence-electron chi connectivity index (χ1n) is 7.19. The summed E-state index contributed by atoms with van der Waals surface area (Å²) in [5.74, 6) is 0. The molecule has 1 aliphatic rings. The van der Waals surface area contributed by atoms with Gasteiger partial charge in [0.1, 0.15) is 5.60 Å². The Balaban J connectivity index is 2.03. The molecule has 1 atom stereocenters. The van der Waals surface area contributed by atoms with Gasteiger partial charge in [0.15, 0.2) is 0 Å². The van der Waals surface area contributed by atoms with Gasteiger partial charge in [0.2, 0.25) is 0 Å². The minimum absolute atomic E-state index is 0.707. The molecule has 2 aromatic rings. The van der Waals surface area contributed by atoms with E-state index in [1.165, 1.54) is 5.56 Å². The number of fused-ring (bicyclic) bond motifs is 1. The van der Waals surface area contributed by atoms with E-state index < -0.39 is 5.60 Å². The van der Waals surface area contributed by atoms with E-state index in [9.17, 15) is 5.11 Å². The van der Waals surface area contributed by atoms with Crippen LogP contribution in [0.1, 0.15) is 23.2 Å². The molecule has 1 aromatic heterocycles. The molecule has 0 saturated carbocycles. The molecule has 4 nitrogen and oxygen atoms in total. The molecule has 0 bridgehead atoms. The van der Waals surface area contributed by atoms with E-state index >= 15 is 0 Å².